The molecule has 0 aliphatic carbocycles. The normalized spacial score (nSPS) is 11.2. The number of aliphatic hydroxyl groups excluding tert-OH is 2. The maximum absolute atomic E-state index is 12.5. The number of aliphatic hydroxyl groups is 2. The maximum Gasteiger partial charge on any atom is 0.390 e. The Labute approximate surface area is 343 Å². The number of rotatable bonds is 10. The molecular formula is C41H36F6N8O6. The predicted octanol–water partition coefficient (Wildman–Crippen LogP) is 6.31. The van der Waals surface area contributed by atoms with E-state index in [0.29, 0.717) is 44.9 Å². The molecule has 6 rings (SSSR count). The Balaban J connectivity index is 0.000000231. The van der Waals surface area contributed by atoms with Crippen molar-refractivity contribution in [3.63, 3.8) is 0 Å². The third-order valence-corrected chi connectivity index (χ3v) is 8.66. The molecule has 0 bridgehead atoms. The van der Waals surface area contributed by atoms with Crippen LogP contribution in [0.25, 0.3) is 33.8 Å². The van der Waals surface area contributed by atoms with Crippen LogP contribution in [0, 0.1) is 37.5 Å². The molecule has 0 saturated heterocycles. The number of nitrogens with zero attached hydrogens (tertiary/aromatic N) is 6. The number of hydrogen-bond donors (Lipinski definition) is 5. The first-order valence-electron chi connectivity index (χ1n) is 18.0. The third-order valence-electron chi connectivity index (χ3n) is 8.66. The van der Waals surface area contributed by atoms with Crippen LogP contribution in [0.3, 0.4) is 0 Å². The fourth-order valence-electron chi connectivity index (χ4n) is 5.89. The number of carbonyl (C=O) groups is 2. The van der Waals surface area contributed by atoms with Gasteiger partial charge in [-0.3, -0.25) is 8.80 Å². The van der Waals surface area contributed by atoms with Gasteiger partial charge in [0, 0.05) is 36.6 Å². The van der Waals surface area contributed by atoms with Crippen LogP contribution in [-0.2, 0) is 4.74 Å². The van der Waals surface area contributed by atoms with Crippen LogP contribution < -0.4 is 10.6 Å². The van der Waals surface area contributed by atoms with E-state index in [9.17, 15) is 41.0 Å². The predicted molar refractivity (Wildman–Crippen MR) is 211 cm³/mol. The largest absolute Gasteiger partial charge is 0.478 e. The number of fused-ring (bicyclic) bond motifs is 2. The first-order valence-corrected chi connectivity index (χ1v) is 18.0. The van der Waals surface area contributed by atoms with E-state index >= 15 is 0 Å². The number of carboxylic acid groups (broad SMARTS) is 1. The molecule has 0 atom stereocenters. The molecule has 0 aliphatic heterocycles. The lowest BCUT2D eigenvalue weighted by atomic mass is 10.0. The summed E-state index contributed by atoms with van der Waals surface area (Å²) in [6.45, 7) is 1.88. The average molecular weight is 851 g/mol. The smallest absolute Gasteiger partial charge is 0.390 e. The summed E-state index contributed by atoms with van der Waals surface area (Å²) in [6.07, 6.45) is -4.49. The highest BCUT2D eigenvalue weighted by molar-refractivity contribution is 5.92. The van der Waals surface area contributed by atoms with Crippen molar-refractivity contribution in [2.24, 2.45) is 0 Å². The summed E-state index contributed by atoms with van der Waals surface area (Å²) in [5.74, 6) is 8.99. The molecule has 0 aliphatic rings. The number of carboxylic acids is 1. The van der Waals surface area contributed by atoms with E-state index in [-0.39, 0.29) is 41.7 Å². The van der Waals surface area contributed by atoms with Gasteiger partial charge in [0.25, 0.3) is 0 Å². The van der Waals surface area contributed by atoms with Gasteiger partial charge >= 0.3 is 24.3 Å². The van der Waals surface area contributed by atoms with E-state index in [0.717, 1.165) is 5.56 Å². The molecular weight excluding hydrogens is 814 g/mol. The Morgan fingerprint density at radius 3 is 1.51 bits per heavy atom. The van der Waals surface area contributed by atoms with Crippen LogP contribution in [0.1, 0.15) is 56.1 Å². The number of aromatic carboxylic acids is 1. The maximum atomic E-state index is 12.5. The molecule has 5 N–H and O–H groups in total. The molecule has 4 heterocycles. The van der Waals surface area contributed by atoms with Crippen molar-refractivity contribution in [3.05, 3.63) is 94.8 Å². The molecule has 0 fully saturated rings. The van der Waals surface area contributed by atoms with E-state index in [1.54, 1.807) is 71.6 Å². The van der Waals surface area contributed by atoms with E-state index in [1.807, 2.05) is 0 Å². The Kier molecular flexibility index (Phi) is 14.2. The Hall–Kier alpha value is -7.16. The fraction of sp³-hybridized carbons (Fsp3) is 0.268. The Morgan fingerprint density at radius 1 is 0.721 bits per heavy atom. The highest BCUT2D eigenvalue weighted by Gasteiger charge is 2.27. The van der Waals surface area contributed by atoms with Crippen LogP contribution in [0.15, 0.2) is 61.2 Å². The molecule has 4 aromatic heterocycles. The molecule has 14 nitrogen and oxygen atoms in total. The zero-order valence-corrected chi connectivity index (χ0v) is 32.5. The summed E-state index contributed by atoms with van der Waals surface area (Å²) in [5, 5.41) is 32.4. The van der Waals surface area contributed by atoms with Crippen molar-refractivity contribution in [1.29, 1.82) is 0 Å². The number of benzene rings is 2. The number of anilines is 2. The number of aryl methyl sites for hydroxylation is 2. The van der Waals surface area contributed by atoms with Gasteiger partial charge in [-0.15, -0.1) is 0 Å². The summed E-state index contributed by atoms with van der Waals surface area (Å²) in [5.41, 5.74) is 5.52. The van der Waals surface area contributed by atoms with Gasteiger partial charge in [-0.05, 0) is 61.1 Å². The molecule has 61 heavy (non-hydrogen) atoms. The van der Waals surface area contributed by atoms with E-state index < -0.39 is 50.3 Å². The lowest BCUT2D eigenvalue weighted by Gasteiger charge is -2.11. The zero-order valence-electron chi connectivity index (χ0n) is 32.5. The lowest BCUT2D eigenvalue weighted by Crippen LogP contribution is -2.16. The number of carbonyl (C=O) groups excluding carboxylic acids is 1. The van der Waals surface area contributed by atoms with E-state index in [1.165, 1.54) is 19.4 Å². The number of methoxy groups -OCH3 is 1. The molecule has 0 unspecified atom stereocenters. The second-order valence-corrected chi connectivity index (χ2v) is 13.0. The second-order valence-electron chi connectivity index (χ2n) is 13.0. The molecule has 0 amide bonds. The first-order chi connectivity index (χ1) is 28.9. The highest BCUT2D eigenvalue weighted by atomic mass is 19.4. The number of aromatic nitrogens is 6. The van der Waals surface area contributed by atoms with Crippen LogP contribution in [0.4, 0.5) is 38.0 Å². The van der Waals surface area contributed by atoms with Gasteiger partial charge in [-0.25, -0.2) is 29.5 Å². The Morgan fingerprint density at radius 2 is 1.15 bits per heavy atom. The monoisotopic (exact) mass is 850 g/mol. The Bertz CT molecular complexity index is 2710. The minimum atomic E-state index is -4.32. The second kappa shape index (κ2) is 19.3. The summed E-state index contributed by atoms with van der Waals surface area (Å²) < 4.78 is 83.1. The van der Waals surface area contributed by atoms with Gasteiger partial charge < -0.3 is 30.7 Å². The zero-order chi connectivity index (χ0) is 44.5. The molecule has 6 aromatic rings. The molecule has 0 saturated carbocycles. The number of nitrogens with one attached hydrogen (secondary N) is 2. The van der Waals surface area contributed by atoms with Gasteiger partial charge in [0.05, 0.1) is 54.9 Å². The number of esters is 1. The van der Waals surface area contributed by atoms with Crippen molar-refractivity contribution in [3.8, 4) is 46.2 Å². The van der Waals surface area contributed by atoms with Crippen LogP contribution in [0.5, 0.6) is 0 Å². The molecule has 0 spiro atoms. The number of imidazole rings is 2. The molecule has 0 radical (unpaired) electrons. The van der Waals surface area contributed by atoms with Gasteiger partial charge in [-0.1, -0.05) is 24.0 Å². The molecule has 2 aromatic carbocycles. The van der Waals surface area contributed by atoms with Gasteiger partial charge in [0.15, 0.2) is 22.9 Å². The quantitative estimate of drug-likeness (QED) is 0.0588. The standard InChI is InChI=1S/C21H19F3N4O3.C20H17F3N4O3/c1-13-10-14(5-6-16(13)20(30)31-2)17-11-26-19-18(25-8-7-21(22,23)24)27-15(4-3-9-29)12-28(17)19;1-12-9-13(4-5-15(12)19(29)30)16-10-25-18-17(24-7-6-20(21,22)23)26-14(3-2-8-28)11-27(16)18/h5-6,10-12,29H,7-9H2,1-2H3,(H,25,27);4-5,9-11,28H,6-8H2,1H3,(H,24,26)(H,29,30). The number of ether oxygens (including phenoxy) is 1. The third kappa shape index (κ3) is 11.5. The van der Waals surface area contributed by atoms with Crippen molar-refractivity contribution < 1.29 is 56.0 Å². The lowest BCUT2D eigenvalue weighted by molar-refractivity contribution is -0.132. The number of hydrogen-bond acceptors (Lipinski definition) is 11. The summed E-state index contributed by atoms with van der Waals surface area (Å²) in [4.78, 5) is 40.1. The van der Waals surface area contributed by atoms with Gasteiger partial charge in [0.2, 0.25) is 0 Å². The van der Waals surface area contributed by atoms with Crippen LogP contribution in [0.2, 0.25) is 0 Å². The van der Waals surface area contributed by atoms with Crippen molar-refractivity contribution in [2.45, 2.75) is 39.0 Å². The summed E-state index contributed by atoms with van der Waals surface area (Å²) in [7, 11) is 1.30. The van der Waals surface area contributed by atoms with Crippen LogP contribution >= 0.6 is 0 Å². The average Bonchev–Trinajstić information content (AvgIpc) is 3.83. The fourth-order valence-corrected chi connectivity index (χ4v) is 5.89. The highest BCUT2D eigenvalue weighted by Crippen LogP contribution is 2.29. The molecule has 318 valence electrons. The minimum absolute atomic E-state index is 0.120. The van der Waals surface area contributed by atoms with Crippen molar-refractivity contribution in [2.75, 3.05) is 44.0 Å². The van der Waals surface area contributed by atoms with Crippen molar-refractivity contribution in [1.82, 2.24) is 28.7 Å². The number of alkyl halides is 6. The molecule has 20 heteroatoms. The van der Waals surface area contributed by atoms with E-state index in [2.05, 4.69) is 54.3 Å². The first kappa shape index (κ1) is 44.9. The van der Waals surface area contributed by atoms with Gasteiger partial charge in [-0.2, -0.15) is 26.3 Å². The topological polar surface area (TPSA) is 188 Å². The minimum Gasteiger partial charge on any atom is -0.478 e. The summed E-state index contributed by atoms with van der Waals surface area (Å²) >= 11 is 0. The van der Waals surface area contributed by atoms with Crippen LogP contribution in [-0.4, -0.2) is 102 Å². The SMILES string of the molecule is COC(=O)c1ccc(-c2cnc3c(NCCC(F)(F)F)nc(C#CCO)cn23)cc1C.Cc1cc(-c2cnc3c(NCCC(F)(F)F)nc(C#CCO)cn23)ccc1C(=O)O. The summed E-state index contributed by atoms with van der Waals surface area (Å²) in [6, 6.07) is 9.92. The van der Waals surface area contributed by atoms with Gasteiger partial charge in [0.1, 0.15) is 24.6 Å². The number of halogens is 6. The van der Waals surface area contributed by atoms with E-state index in [4.69, 9.17) is 14.9 Å². The van der Waals surface area contributed by atoms with Crippen molar-refractivity contribution >= 4 is 34.9 Å².